The van der Waals surface area contributed by atoms with Gasteiger partial charge in [0.25, 0.3) is 0 Å². The molecule has 1 fully saturated rings. The summed E-state index contributed by atoms with van der Waals surface area (Å²) in [6.45, 7) is 20.4. The summed E-state index contributed by atoms with van der Waals surface area (Å²) < 4.78 is 0. The molecule has 0 N–H and O–H groups in total. The summed E-state index contributed by atoms with van der Waals surface area (Å²) in [6, 6.07) is 0. The zero-order chi connectivity index (χ0) is 20.5. The zero-order valence-corrected chi connectivity index (χ0v) is 18.8. The van der Waals surface area contributed by atoms with E-state index in [9.17, 15) is 0 Å². The molecule has 0 aromatic heterocycles. The highest BCUT2D eigenvalue weighted by Crippen LogP contribution is 2.38. The monoisotopic (exact) mass is 372 g/mol. The Labute approximate surface area is 170 Å². The van der Waals surface area contributed by atoms with Gasteiger partial charge in [-0.3, -0.25) is 0 Å². The third kappa shape index (κ3) is 11.1. The maximum absolute atomic E-state index is 3.55. The summed E-state index contributed by atoms with van der Waals surface area (Å²) in [4.78, 5) is 5.03. The van der Waals surface area contributed by atoms with Gasteiger partial charge in [-0.2, -0.15) is 0 Å². The van der Waals surface area contributed by atoms with E-state index in [4.69, 9.17) is 0 Å². The van der Waals surface area contributed by atoms with Gasteiger partial charge >= 0.3 is 0 Å². The first-order chi connectivity index (χ1) is 13.2. The highest BCUT2D eigenvalue weighted by atomic mass is 15.2. The lowest BCUT2D eigenvalue weighted by Crippen LogP contribution is -2.34. The van der Waals surface area contributed by atoms with Gasteiger partial charge in [0.2, 0.25) is 0 Å². The van der Waals surface area contributed by atoms with Gasteiger partial charge in [-0.15, -0.1) is 18.9 Å². The summed E-state index contributed by atoms with van der Waals surface area (Å²) in [7, 11) is 2.25. The lowest BCUT2D eigenvalue weighted by molar-refractivity contribution is 0.251. The van der Waals surface area contributed by atoms with E-state index in [0.717, 1.165) is 25.8 Å². The van der Waals surface area contributed by atoms with Crippen LogP contribution in [-0.2, 0) is 0 Å². The van der Waals surface area contributed by atoms with Crippen LogP contribution in [-0.4, -0.2) is 43.0 Å². The van der Waals surface area contributed by atoms with Gasteiger partial charge in [0.1, 0.15) is 0 Å². The van der Waals surface area contributed by atoms with Crippen molar-refractivity contribution >= 4 is 0 Å². The first-order valence-electron chi connectivity index (χ1n) is 11.0. The summed E-state index contributed by atoms with van der Waals surface area (Å²) in [5.41, 5.74) is 7.96. The quantitative estimate of drug-likeness (QED) is 0.213. The van der Waals surface area contributed by atoms with Crippen LogP contribution < -0.4 is 0 Å². The third-order valence-corrected chi connectivity index (χ3v) is 4.69. The van der Waals surface area contributed by atoms with E-state index in [-0.39, 0.29) is 0 Å². The molecule has 0 saturated heterocycles. The minimum Gasteiger partial charge on any atom is -0.373 e. The maximum atomic E-state index is 3.55. The second-order valence-corrected chi connectivity index (χ2v) is 6.85. The van der Waals surface area contributed by atoms with Crippen molar-refractivity contribution in [3.63, 3.8) is 0 Å². The Morgan fingerprint density at radius 1 is 1.07 bits per heavy atom. The van der Waals surface area contributed by atoms with Crippen LogP contribution in [0.25, 0.3) is 0 Å². The van der Waals surface area contributed by atoms with Crippen LogP contribution in [0.15, 0.2) is 54.0 Å². The molecule has 0 amide bonds. The summed E-state index contributed by atoms with van der Waals surface area (Å²) in [6.07, 6.45) is 14.4. The molecule has 0 aromatic rings. The second kappa shape index (κ2) is 16.7. The molecule has 0 unspecified atom stereocenters. The SMILES string of the molecule is C=CCCC=C.CC.CCCCN(CC)CCN(C)C(C1=C=CC1)=C1CC1. The van der Waals surface area contributed by atoms with E-state index >= 15 is 0 Å². The average Bonchev–Trinajstić information content (AvgIpc) is 3.49. The molecule has 2 aliphatic rings. The molecule has 154 valence electrons. The summed E-state index contributed by atoms with van der Waals surface area (Å²) in [5.74, 6) is 0. The van der Waals surface area contributed by atoms with Crippen LogP contribution in [0.1, 0.15) is 72.6 Å². The standard InChI is InChI=1S/C17H28N2.C6H10.C2H6/c1-4-6-12-19(5-2)14-13-18(3)17(16-10-11-16)15-8-7-9-15;1-3-5-6-4-2;1-2/h7H,4-6,8,10-14H2,1-3H3;3-4H,1-2,5-6H2;1-2H3. The van der Waals surface area contributed by atoms with Crippen LogP contribution >= 0.6 is 0 Å². The highest BCUT2D eigenvalue weighted by Gasteiger charge is 2.24. The Morgan fingerprint density at radius 2 is 1.67 bits per heavy atom. The van der Waals surface area contributed by atoms with Crippen LogP contribution in [0.2, 0.25) is 0 Å². The molecule has 2 heteroatoms. The van der Waals surface area contributed by atoms with E-state index in [1.54, 1.807) is 5.57 Å². The van der Waals surface area contributed by atoms with Crippen molar-refractivity contribution in [3.05, 3.63) is 54.0 Å². The number of likely N-dealkylation sites (N-methyl/N-ethyl adjacent to an activating group) is 2. The normalized spacial score (nSPS) is 13.4. The highest BCUT2D eigenvalue weighted by molar-refractivity contribution is 5.43. The third-order valence-electron chi connectivity index (χ3n) is 4.69. The van der Waals surface area contributed by atoms with Crippen molar-refractivity contribution in [1.29, 1.82) is 0 Å². The molecule has 0 radical (unpaired) electrons. The van der Waals surface area contributed by atoms with Gasteiger partial charge in [0.05, 0.1) is 0 Å². The maximum Gasteiger partial charge on any atom is 0.0470 e. The number of nitrogens with zero attached hydrogens (tertiary/aromatic N) is 2. The number of unbranched alkanes of at least 4 members (excludes halogenated alkanes) is 2. The van der Waals surface area contributed by atoms with Gasteiger partial charge in [-0.1, -0.05) is 46.3 Å². The predicted molar refractivity (Wildman–Crippen MR) is 123 cm³/mol. The van der Waals surface area contributed by atoms with Crippen molar-refractivity contribution < 1.29 is 0 Å². The molecular weight excluding hydrogens is 328 g/mol. The summed E-state index contributed by atoms with van der Waals surface area (Å²) >= 11 is 0. The Morgan fingerprint density at radius 3 is 2.04 bits per heavy atom. The smallest absolute Gasteiger partial charge is 0.0470 e. The predicted octanol–water partition coefficient (Wildman–Crippen LogP) is 6.74. The number of hydrogen-bond donors (Lipinski definition) is 0. The Balaban J connectivity index is 0.000000722. The molecule has 0 bridgehead atoms. The van der Waals surface area contributed by atoms with Crippen molar-refractivity contribution in [1.82, 2.24) is 9.80 Å². The zero-order valence-electron chi connectivity index (χ0n) is 18.8. The Kier molecular flexibility index (Phi) is 15.7. The molecule has 0 atom stereocenters. The van der Waals surface area contributed by atoms with Gasteiger partial charge in [-0.25, -0.2) is 0 Å². The molecule has 27 heavy (non-hydrogen) atoms. The first-order valence-corrected chi connectivity index (χ1v) is 11.0. The Hall–Kier alpha value is -1.50. The van der Waals surface area contributed by atoms with Crippen molar-refractivity contribution in [2.24, 2.45) is 0 Å². The van der Waals surface area contributed by atoms with E-state index in [1.807, 2.05) is 26.0 Å². The molecule has 0 aliphatic heterocycles. The Bertz CT molecular complexity index is 492. The topological polar surface area (TPSA) is 6.48 Å². The van der Waals surface area contributed by atoms with Crippen molar-refractivity contribution in [3.8, 4) is 0 Å². The lowest BCUT2D eigenvalue weighted by atomic mass is 10.0. The lowest BCUT2D eigenvalue weighted by Gasteiger charge is -2.28. The van der Waals surface area contributed by atoms with E-state index in [0.29, 0.717) is 0 Å². The number of rotatable bonds is 12. The molecule has 1 saturated carbocycles. The molecule has 0 heterocycles. The largest absolute Gasteiger partial charge is 0.373 e. The summed E-state index contributed by atoms with van der Waals surface area (Å²) in [5, 5.41) is 0. The molecule has 0 spiro atoms. The fraction of sp³-hybridized carbons (Fsp3) is 0.640. The molecule has 2 nitrogen and oxygen atoms in total. The second-order valence-electron chi connectivity index (χ2n) is 6.85. The van der Waals surface area contributed by atoms with Crippen LogP contribution in [0.4, 0.5) is 0 Å². The number of allylic oxidation sites excluding steroid dienone is 4. The van der Waals surface area contributed by atoms with E-state index < -0.39 is 0 Å². The van der Waals surface area contributed by atoms with Gasteiger partial charge < -0.3 is 9.80 Å². The minimum absolute atomic E-state index is 1.06. The van der Waals surface area contributed by atoms with Crippen LogP contribution in [0, 0.1) is 0 Å². The number of hydrogen-bond acceptors (Lipinski definition) is 2. The average molecular weight is 373 g/mol. The fourth-order valence-electron chi connectivity index (χ4n) is 2.83. The molecular formula is C25H44N2. The van der Waals surface area contributed by atoms with Crippen molar-refractivity contribution in [2.75, 3.05) is 33.2 Å². The van der Waals surface area contributed by atoms with Gasteiger partial charge in [0.15, 0.2) is 0 Å². The van der Waals surface area contributed by atoms with E-state index in [2.05, 4.69) is 55.7 Å². The fourth-order valence-corrected chi connectivity index (χ4v) is 2.83. The van der Waals surface area contributed by atoms with Gasteiger partial charge in [-0.05, 0) is 56.8 Å². The van der Waals surface area contributed by atoms with Crippen molar-refractivity contribution in [2.45, 2.75) is 72.6 Å². The van der Waals surface area contributed by atoms with Crippen LogP contribution in [0.3, 0.4) is 0 Å². The molecule has 2 rings (SSSR count). The molecule has 2 aliphatic carbocycles. The minimum atomic E-state index is 1.06. The van der Waals surface area contributed by atoms with E-state index in [1.165, 1.54) is 56.6 Å². The first kappa shape index (κ1) is 25.5. The van der Waals surface area contributed by atoms with Gasteiger partial charge in [0, 0.05) is 37.8 Å². The molecule has 0 aromatic carbocycles. The van der Waals surface area contributed by atoms with Crippen LogP contribution in [0.5, 0.6) is 0 Å².